The van der Waals surface area contributed by atoms with Crippen LogP contribution in [0.3, 0.4) is 0 Å². The van der Waals surface area contributed by atoms with Crippen molar-refractivity contribution in [3.05, 3.63) is 17.5 Å². The van der Waals surface area contributed by atoms with Gasteiger partial charge in [0.25, 0.3) is 0 Å². The van der Waals surface area contributed by atoms with Crippen LogP contribution in [0.4, 0.5) is 0 Å². The Morgan fingerprint density at radius 3 is 2.08 bits per heavy atom. The Balaban J connectivity index is 1.27. The van der Waals surface area contributed by atoms with E-state index in [0.717, 1.165) is 110 Å². The van der Waals surface area contributed by atoms with Crippen molar-refractivity contribution in [2.45, 2.75) is 76.7 Å². The maximum absolute atomic E-state index is 6.40. The molecule has 0 bridgehead atoms. The molecular weight excluding hydrogens is 480 g/mol. The SMILES string of the molecule is CNCCN(C)Cc1cn[nH]c1C1CCC(COCCC2CCOCC2)(COCCC2CCOCC2)CC1. The fourth-order valence-corrected chi connectivity index (χ4v) is 6.47. The lowest BCUT2D eigenvalue weighted by Gasteiger charge is -2.40. The number of aromatic amines is 1. The number of H-pyrrole nitrogens is 1. The Kier molecular flexibility index (Phi) is 12.8. The normalized spacial score (nSPS) is 21.9. The summed E-state index contributed by atoms with van der Waals surface area (Å²) >= 11 is 0. The Morgan fingerprint density at radius 2 is 1.53 bits per heavy atom. The van der Waals surface area contributed by atoms with Gasteiger partial charge in [-0.15, -0.1) is 0 Å². The number of nitrogens with one attached hydrogen (secondary N) is 2. The molecule has 0 unspecified atom stereocenters. The quantitative estimate of drug-likeness (QED) is 0.305. The van der Waals surface area contributed by atoms with Crippen LogP contribution in [-0.2, 0) is 25.5 Å². The maximum Gasteiger partial charge on any atom is 0.0544 e. The maximum atomic E-state index is 6.40. The lowest BCUT2D eigenvalue weighted by atomic mass is 9.70. The first-order chi connectivity index (χ1) is 18.7. The molecular formula is C30H54N4O4. The highest BCUT2D eigenvalue weighted by molar-refractivity contribution is 5.21. The van der Waals surface area contributed by atoms with Crippen LogP contribution in [0.2, 0.25) is 0 Å². The van der Waals surface area contributed by atoms with Crippen LogP contribution < -0.4 is 5.32 Å². The van der Waals surface area contributed by atoms with E-state index in [0.29, 0.717) is 5.92 Å². The molecule has 3 heterocycles. The molecule has 3 fully saturated rings. The molecule has 3 aliphatic rings. The first-order valence-corrected chi connectivity index (χ1v) is 15.3. The highest BCUT2D eigenvalue weighted by Crippen LogP contribution is 2.44. The number of ether oxygens (including phenoxy) is 4. The molecule has 1 saturated carbocycles. The molecule has 0 amide bonds. The van der Waals surface area contributed by atoms with Gasteiger partial charge in [0, 0.05) is 81.9 Å². The van der Waals surface area contributed by atoms with E-state index in [1.54, 1.807) is 0 Å². The largest absolute Gasteiger partial charge is 0.381 e. The van der Waals surface area contributed by atoms with E-state index < -0.39 is 0 Å². The molecule has 0 radical (unpaired) electrons. The van der Waals surface area contributed by atoms with Crippen molar-refractivity contribution >= 4 is 0 Å². The van der Waals surface area contributed by atoms with Crippen molar-refractivity contribution in [1.82, 2.24) is 20.4 Å². The molecule has 0 atom stereocenters. The average molecular weight is 535 g/mol. The Labute approximate surface area is 230 Å². The van der Waals surface area contributed by atoms with Crippen LogP contribution in [0.25, 0.3) is 0 Å². The predicted octanol–water partition coefficient (Wildman–Crippen LogP) is 4.37. The summed E-state index contributed by atoms with van der Waals surface area (Å²) in [5.74, 6) is 2.06. The molecule has 0 spiro atoms. The zero-order valence-corrected chi connectivity index (χ0v) is 24.2. The molecule has 218 valence electrons. The highest BCUT2D eigenvalue weighted by Gasteiger charge is 2.37. The Morgan fingerprint density at radius 1 is 0.947 bits per heavy atom. The summed E-state index contributed by atoms with van der Waals surface area (Å²) in [4.78, 5) is 2.37. The minimum atomic E-state index is 0.131. The number of likely N-dealkylation sites (N-methyl/N-ethyl adjacent to an activating group) is 2. The van der Waals surface area contributed by atoms with Gasteiger partial charge in [-0.1, -0.05) is 0 Å². The molecule has 8 heteroatoms. The van der Waals surface area contributed by atoms with Crippen LogP contribution in [0.5, 0.6) is 0 Å². The van der Waals surface area contributed by atoms with Gasteiger partial charge in [0.1, 0.15) is 0 Å². The molecule has 2 N–H and O–H groups in total. The third-order valence-electron chi connectivity index (χ3n) is 9.23. The van der Waals surface area contributed by atoms with Gasteiger partial charge in [0.2, 0.25) is 0 Å². The molecule has 1 aromatic rings. The topological polar surface area (TPSA) is 80.9 Å². The summed E-state index contributed by atoms with van der Waals surface area (Å²) in [6, 6.07) is 0. The molecule has 8 nitrogen and oxygen atoms in total. The highest BCUT2D eigenvalue weighted by atomic mass is 16.5. The molecule has 2 saturated heterocycles. The lowest BCUT2D eigenvalue weighted by Crippen LogP contribution is -2.37. The van der Waals surface area contributed by atoms with Crippen molar-refractivity contribution < 1.29 is 18.9 Å². The van der Waals surface area contributed by atoms with E-state index in [9.17, 15) is 0 Å². The van der Waals surface area contributed by atoms with Gasteiger partial charge in [-0.2, -0.15) is 5.10 Å². The van der Waals surface area contributed by atoms with E-state index in [1.807, 2.05) is 13.2 Å². The zero-order valence-electron chi connectivity index (χ0n) is 24.2. The third kappa shape index (κ3) is 9.56. The standard InChI is InChI=1S/C30H54N4O4/c1-31-13-14-34(2)22-28-21-32-33-29(28)27-3-11-30(12-4-27,23-37-19-9-25-5-15-35-16-6-25)24-38-20-10-26-7-17-36-18-8-26/h21,25-27,31H,3-20,22-24H2,1-2H3,(H,32,33). The minimum Gasteiger partial charge on any atom is -0.381 e. The predicted molar refractivity (Wildman–Crippen MR) is 150 cm³/mol. The summed E-state index contributed by atoms with van der Waals surface area (Å²) in [5, 5.41) is 11.1. The zero-order chi connectivity index (χ0) is 26.5. The summed E-state index contributed by atoms with van der Waals surface area (Å²) in [6.07, 6.45) is 13.7. The summed E-state index contributed by atoms with van der Waals surface area (Å²) in [6.45, 7) is 10.0. The Bertz CT molecular complexity index is 727. The molecule has 0 aromatic carbocycles. The second-order valence-electron chi connectivity index (χ2n) is 12.2. The van der Waals surface area contributed by atoms with Crippen LogP contribution in [0, 0.1) is 17.3 Å². The van der Waals surface area contributed by atoms with E-state index >= 15 is 0 Å². The fraction of sp³-hybridized carbons (Fsp3) is 0.900. The van der Waals surface area contributed by atoms with Crippen molar-refractivity contribution in [1.29, 1.82) is 0 Å². The van der Waals surface area contributed by atoms with Gasteiger partial charge in [0.15, 0.2) is 0 Å². The van der Waals surface area contributed by atoms with Gasteiger partial charge >= 0.3 is 0 Å². The van der Waals surface area contributed by atoms with E-state index in [-0.39, 0.29) is 5.41 Å². The van der Waals surface area contributed by atoms with E-state index in [2.05, 4.69) is 27.5 Å². The minimum absolute atomic E-state index is 0.131. The first-order valence-electron chi connectivity index (χ1n) is 15.3. The lowest BCUT2D eigenvalue weighted by molar-refractivity contribution is -0.0529. The first kappa shape index (κ1) is 29.9. The van der Waals surface area contributed by atoms with Crippen molar-refractivity contribution in [3.63, 3.8) is 0 Å². The Hall–Kier alpha value is -1.03. The molecule has 2 aliphatic heterocycles. The van der Waals surface area contributed by atoms with Gasteiger partial charge in [0.05, 0.1) is 19.4 Å². The molecule has 38 heavy (non-hydrogen) atoms. The third-order valence-corrected chi connectivity index (χ3v) is 9.23. The van der Waals surface area contributed by atoms with Gasteiger partial charge in [-0.05, 0) is 90.1 Å². The van der Waals surface area contributed by atoms with Gasteiger partial charge in [-0.3, -0.25) is 5.10 Å². The second kappa shape index (κ2) is 16.3. The number of nitrogens with zero attached hydrogens (tertiary/aromatic N) is 2. The van der Waals surface area contributed by atoms with Gasteiger partial charge < -0.3 is 29.2 Å². The number of hydrogen-bond acceptors (Lipinski definition) is 7. The smallest absolute Gasteiger partial charge is 0.0544 e. The summed E-state index contributed by atoms with van der Waals surface area (Å²) < 4.78 is 23.8. The fourth-order valence-electron chi connectivity index (χ4n) is 6.47. The van der Waals surface area contributed by atoms with Crippen LogP contribution in [-0.4, -0.2) is 95.1 Å². The number of rotatable bonds is 16. The van der Waals surface area contributed by atoms with Gasteiger partial charge in [-0.25, -0.2) is 0 Å². The number of hydrogen-bond donors (Lipinski definition) is 2. The van der Waals surface area contributed by atoms with Crippen LogP contribution in [0.15, 0.2) is 6.20 Å². The monoisotopic (exact) mass is 534 g/mol. The van der Waals surface area contributed by atoms with Crippen LogP contribution in [0.1, 0.15) is 81.4 Å². The summed E-state index contributed by atoms with van der Waals surface area (Å²) in [7, 11) is 4.20. The molecule has 1 aromatic heterocycles. The van der Waals surface area contributed by atoms with Crippen molar-refractivity contribution in [2.24, 2.45) is 17.3 Å². The second-order valence-corrected chi connectivity index (χ2v) is 12.2. The van der Waals surface area contributed by atoms with Crippen molar-refractivity contribution in [3.8, 4) is 0 Å². The average Bonchev–Trinajstić information content (AvgIpc) is 3.42. The molecule has 4 rings (SSSR count). The van der Waals surface area contributed by atoms with Crippen molar-refractivity contribution in [2.75, 3.05) is 80.0 Å². The van der Waals surface area contributed by atoms with E-state index in [4.69, 9.17) is 18.9 Å². The number of aromatic nitrogens is 2. The van der Waals surface area contributed by atoms with Crippen LogP contribution >= 0.6 is 0 Å². The molecule has 1 aliphatic carbocycles. The van der Waals surface area contributed by atoms with E-state index in [1.165, 1.54) is 49.8 Å². The summed E-state index contributed by atoms with van der Waals surface area (Å²) in [5.41, 5.74) is 2.82.